The topological polar surface area (TPSA) is 81.2 Å². The van der Waals surface area contributed by atoms with Crippen molar-refractivity contribution in [2.45, 2.75) is 37.3 Å². The lowest BCUT2D eigenvalue weighted by molar-refractivity contribution is -0.169. The molecule has 1 saturated carbocycles. The summed E-state index contributed by atoms with van der Waals surface area (Å²) in [6, 6.07) is 15.4. The van der Waals surface area contributed by atoms with Crippen LogP contribution in [-0.2, 0) is 9.59 Å². The van der Waals surface area contributed by atoms with E-state index in [1.165, 1.54) is 0 Å². The van der Waals surface area contributed by atoms with Gasteiger partial charge in [-0.05, 0) is 41.7 Å². The highest BCUT2D eigenvalue weighted by Gasteiger charge is 2.54. The van der Waals surface area contributed by atoms with E-state index in [1.54, 1.807) is 28.8 Å². The first-order chi connectivity index (χ1) is 16.4. The fourth-order valence-electron chi connectivity index (χ4n) is 5.54. The summed E-state index contributed by atoms with van der Waals surface area (Å²) in [5, 5.41) is 10.0. The van der Waals surface area contributed by atoms with E-state index < -0.39 is 0 Å². The quantitative estimate of drug-likeness (QED) is 0.741. The van der Waals surface area contributed by atoms with Crippen molar-refractivity contribution in [3.63, 3.8) is 0 Å². The molecule has 1 aliphatic carbocycles. The molecule has 2 aromatic carbocycles. The normalized spacial score (nSPS) is 24.2. The zero-order chi connectivity index (χ0) is 24.0. The summed E-state index contributed by atoms with van der Waals surface area (Å²) < 4.78 is 0. The third kappa shape index (κ3) is 3.78. The van der Waals surface area contributed by atoms with E-state index in [2.05, 4.69) is 12.1 Å². The van der Waals surface area contributed by atoms with Crippen molar-refractivity contribution in [1.82, 2.24) is 14.7 Å². The Labute approximate surface area is 200 Å². The van der Waals surface area contributed by atoms with E-state index >= 15 is 0 Å². The predicted octanol–water partition coefficient (Wildman–Crippen LogP) is 2.35. The minimum absolute atomic E-state index is 0.0000736. The number of piperazine rings is 1. The molecule has 2 aliphatic heterocycles. The number of nitrogens with zero attached hydrogens (tertiary/aromatic N) is 3. The molecule has 3 atom stereocenters. The van der Waals surface area contributed by atoms with Crippen LogP contribution in [0.2, 0.25) is 0 Å². The lowest BCUT2D eigenvalue weighted by Crippen LogP contribution is -2.73. The number of hydrogen-bond donors (Lipinski definition) is 1. The lowest BCUT2D eigenvalue weighted by Gasteiger charge is -2.59. The molecule has 7 nitrogen and oxygen atoms in total. The number of carbonyl (C=O) groups is 3. The van der Waals surface area contributed by atoms with Gasteiger partial charge in [-0.25, -0.2) is 0 Å². The Morgan fingerprint density at radius 1 is 1.00 bits per heavy atom. The molecule has 2 saturated heterocycles. The number of hydrogen-bond acceptors (Lipinski definition) is 4. The Kier molecular flexibility index (Phi) is 5.90. The molecule has 0 aromatic heterocycles. The van der Waals surface area contributed by atoms with Crippen LogP contribution in [0, 0.1) is 5.92 Å². The van der Waals surface area contributed by atoms with E-state index in [0.29, 0.717) is 12.1 Å². The Morgan fingerprint density at radius 3 is 2.15 bits per heavy atom. The maximum absolute atomic E-state index is 12.8. The van der Waals surface area contributed by atoms with Crippen LogP contribution in [-0.4, -0.2) is 83.4 Å². The van der Waals surface area contributed by atoms with Crippen LogP contribution in [0.3, 0.4) is 0 Å². The highest BCUT2D eigenvalue weighted by atomic mass is 16.3. The van der Waals surface area contributed by atoms with Crippen molar-refractivity contribution < 1.29 is 19.5 Å². The van der Waals surface area contributed by atoms with Gasteiger partial charge in [-0.15, -0.1) is 0 Å². The molecular weight excluding hydrogens is 430 g/mol. The van der Waals surface area contributed by atoms with E-state index in [1.807, 2.05) is 36.4 Å². The highest BCUT2D eigenvalue weighted by molar-refractivity contribution is 5.94. The zero-order valence-corrected chi connectivity index (χ0v) is 19.7. The minimum Gasteiger partial charge on any atom is -0.394 e. The van der Waals surface area contributed by atoms with Crippen molar-refractivity contribution in [1.29, 1.82) is 0 Å². The minimum atomic E-state index is -0.249. The Bertz CT molecular complexity index is 1090. The maximum atomic E-state index is 12.8. The van der Waals surface area contributed by atoms with Crippen LogP contribution >= 0.6 is 0 Å². The van der Waals surface area contributed by atoms with Gasteiger partial charge in [0.25, 0.3) is 5.91 Å². The van der Waals surface area contributed by atoms with E-state index in [0.717, 1.165) is 36.0 Å². The first-order valence-corrected chi connectivity index (χ1v) is 12.0. The van der Waals surface area contributed by atoms with Gasteiger partial charge in [-0.2, -0.15) is 0 Å². The van der Waals surface area contributed by atoms with Gasteiger partial charge in [-0.3, -0.25) is 14.4 Å². The lowest BCUT2D eigenvalue weighted by atomic mass is 9.73. The molecule has 178 valence electrons. The van der Waals surface area contributed by atoms with Gasteiger partial charge >= 0.3 is 0 Å². The van der Waals surface area contributed by atoms with Gasteiger partial charge in [0.2, 0.25) is 11.8 Å². The van der Waals surface area contributed by atoms with Crippen LogP contribution in [0.4, 0.5) is 0 Å². The number of fused-ring (bicyclic) bond motifs is 1. The first-order valence-electron chi connectivity index (χ1n) is 12.0. The zero-order valence-electron chi connectivity index (χ0n) is 19.7. The van der Waals surface area contributed by atoms with Crippen LogP contribution in [0.1, 0.15) is 41.1 Å². The summed E-state index contributed by atoms with van der Waals surface area (Å²) in [5.74, 6) is 0.0869. The average molecular weight is 462 g/mol. The van der Waals surface area contributed by atoms with Crippen molar-refractivity contribution in [2.24, 2.45) is 5.92 Å². The fraction of sp³-hybridized carbons (Fsp3) is 0.444. The van der Waals surface area contributed by atoms with Crippen LogP contribution in [0.5, 0.6) is 0 Å². The number of rotatable bonds is 5. The Hall–Kier alpha value is -3.19. The summed E-state index contributed by atoms with van der Waals surface area (Å²) >= 11 is 0. The number of aliphatic hydroxyl groups excluding tert-OH is 1. The van der Waals surface area contributed by atoms with Gasteiger partial charge in [-0.1, -0.05) is 42.8 Å². The smallest absolute Gasteiger partial charge is 0.253 e. The molecule has 0 spiro atoms. The van der Waals surface area contributed by atoms with Gasteiger partial charge < -0.3 is 19.8 Å². The Balaban J connectivity index is 1.33. The second kappa shape index (κ2) is 8.87. The molecular formula is C27H31N3O4. The van der Waals surface area contributed by atoms with E-state index in [-0.39, 0.29) is 54.8 Å². The largest absolute Gasteiger partial charge is 0.394 e. The number of benzene rings is 2. The highest BCUT2D eigenvalue weighted by Crippen LogP contribution is 2.44. The van der Waals surface area contributed by atoms with Crippen LogP contribution in [0.15, 0.2) is 48.5 Å². The van der Waals surface area contributed by atoms with Crippen LogP contribution in [0.25, 0.3) is 11.1 Å². The molecule has 1 N–H and O–H groups in total. The molecule has 7 heteroatoms. The summed E-state index contributed by atoms with van der Waals surface area (Å²) in [6.45, 7) is 0.568. The van der Waals surface area contributed by atoms with Crippen molar-refractivity contribution >= 4 is 17.7 Å². The van der Waals surface area contributed by atoms with Gasteiger partial charge in [0.15, 0.2) is 0 Å². The second-order valence-electron chi connectivity index (χ2n) is 9.89. The molecule has 2 aromatic rings. The standard InChI is InChI=1S/C27H31N3O4/c1-28(2)26(33)21-12-8-18(9-13-21)17-6-10-19(11-7-17)25-22-14-29(27(34)20-4-3-5-20)15-24(32)30(22)23(25)16-31/h6-13,20,22-23,25,31H,3-5,14-16H2,1-2H3/t22-,23-,25+/m1/s1. The van der Waals surface area contributed by atoms with E-state index in [4.69, 9.17) is 0 Å². The van der Waals surface area contributed by atoms with Crippen LogP contribution < -0.4 is 0 Å². The average Bonchev–Trinajstić information content (AvgIpc) is 2.79. The molecule has 3 fully saturated rings. The maximum Gasteiger partial charge on any atom is 0.253 e. The second-order valence-corrected chi connectivity index (χ2v) is 9.89. The summed E-state index contributed by atoms with van der Waals surface area (Å²) in [6.07, 6.45) is 2.93. The Morgan fingerprint density at radius 2 is 1.62 bits per heavy atom. The predicted molar refractivity (Wildman–Crippen MR) is 128 cm³/mol. The molecule has 3 amide bonds. The molecule has 0 unspecified atom stereocenters. The van der Waals surface area contributed by atoms with Crippen molar-refractivity contribution in [3.05, 3.63) is 59.7 Å². The molecule has 0 bridgehead atoms. The summed E-state index contributed by atoms with van der Waals surface area (Å²) in [5.41, 5.74) is 3.76. The summed E-state index contributed by atoms with van der Waals surface area (Å²) in [7, 11) is 3.47. The molecule has 3 aliphatic rings. The first kappa shape index (κ1) is 22.6. The fourth-order valence-corrected chi connectivity index (χ4v) is 5.54. The van der Waals surface area contributed by atoms with E-state index in [9.17, 15) is 19.5 Å². The molecule has 5 rings (SSSR count). The monoisotopic (exact) mass is 461 g/mol. The van der Waals surface area contributed by atoms with Gasteiger partial charge in [0.1, 0.15) is 0 Å². The summed E-state index contributed by atoms with van der Waals surface area (Å²) in [4.78, 5) is 42.8. The number of amides is 3. The third-order valence-electron chi connectivity index (χ3n) is 7.69. The molecule has 2 heterocycles. The number of aliphatic hydroxyl groups is 1. The third-order valence-corrected chi connectivity index (χ3v) is 7.69. The molecule has 0 radical (unpaired) electrons. The van der Waals surface area contributed by atoms with Crippen molar-refractivity contribution in [2.75, 3.05) is 33.8 Å². The van der Waals surface area contributed by atoms with Gasteiger partial charge in [0, 0.05) is 38.0 Å². The van der Waals surface area contributed by atoms with Crippen molar-refractivity contribution in [3.8, 4) is 11.1 Å². The van der Waals surface area contributed by atoms with Gasteiger partial charge in [0.05, 0.1) is 25.2 Å². The molecule has 34 heavy (non-hydrogen) atoms. The SMILES string of the molecule is CN(C)C(=O)c1ccc(-c2ccc([C@@H]3[C@@H](CO)N4C(=O)CN(C(=O)C5CCC5)C[C@H]34)cc2)cc1. The number of carbonyl (C=O) groups excluding carboxylic acids is 3.